The summed E-state index contributed by atoms with van der Waals surface area (Å²) in [6.07, 6.45) is 1.24. The summed E-state index contributed by atoms with van der Waals surface area (Å²) >= 11 is 0. The lowest BCUT2D eigenvalue weighted by Crippen LogP contribution is -2.03. The fraction of sp³-hybridized carbons (Fsp3) is 0.222. The van der Waals surface area contributed by atoms with Gasteiger partial charge in [-0.05, 0) is 12.1 Å². The molecule has 2 aromatic rings. The minimum atomic E-state index is -3.94. The van der Waals surface area contributed by atoms with Crippen LogP contribution < -0.4 is 0 Å². The maximum atomic E-state index is 13.6. The molecule has 2 rings (SSSR count). The first-order valence-electron chi connectivity index (χ1n) is 4.53. The van der Waals surface area contributed by atoms with Gasteiger partial charge in [0.15, 0.2) is 0 Å². The average molecular weight is 279 g/mol. The topological polar surface area (TPSA) is 61.2 Å². The summed E-state index contributed by atoms with van der Waals surface area (Å²) < 4.78 is 42.3. The van der Waals surface area contributed by atoms with E-state index in [-0.39, 0.29) is 22.5 Å². The summed E-state index contributed by atoms with van der Waals surface area (Å²) in [7, 11) is 2.75. The van der Waals surface area contributed by atoms with E-state index in [2.05, 4.69) is 5.10 Å². The summed E-state index contributed by atoms with van der Waals surface area (Å²) in [4.78, 5) is -0.169. The number of aromatic nitrogens is 2. The Morgan fingerprint density at radius 3 is 2.82 bits per heavy atom. The minimum Gasteiger partial charge on any atom is -0.362 e. The van der Waals surface area contributed by atoms with E-state index < -0.39 is 14.9 Å². The van der Waals surface area contributed by atoms with Crippen LogP contribution in [-0.4, -0.2) is 25.3 Å². The van der Waals surface area contributed by atoms with Crippen LogP contribution in [0, 0.1) is 5.82 Å². The van der Waals surface area contributed by atoms with Crippen molar-refractivity contribution in [3.05, 3.63) is 24.1 Å². The van der Waals surface area contributed by atoms with Crippen LogP contribution in [0.3, 0.4) is 0 Å². The smallest absolute Gasteiger partial charge is 0.262 e. The first-order valence-corrected chi connectivity index (χ1v) is 6.83. The van der Waals surface area contributed by atoms with E-state index in [1.54, 1.807) is 0 Å². The zero-order chi connectivity index (χ0) is 12.6. The molecule has 0 fully saturated rings. The van der Waals surface area contributed by atoms with E-state index in [1.165, 1.54) is 18.0 Å². The van der Waals surface area contributed by atoms with Crippen LogP contribution in [0.4, 0.5) is 4.39 Å². The fourth-order valence-electron chi connectivity index (χ4n) is 1.57. The summed E-state index contributed by atoms with van der Waals surface area (Å²) in [5.41, 5.74) is 0.0496. The van der Waals surface area contributed by atoms with Crippen LogP contribution in [0.5, 0.6) is 0 Å². The van der Waals surface area contributed by atoms with Crippen molar-refractivity contribution in [1.29, 1.82) is 0 Å². The lowest BCUT2D eigenvalue weighted by atomic mass is 10.2. The molecule has 0 saturated carbocycles. The number of nitrogens with zero attached hydrogens (tertiary/aromatic N) is 2. The quantitative estimate of drug-likeness (QED) is 0.802. The largest absolute Gasteiger partial charge is 0.362 e. The predicted molar refractivity (Wildman–Crippen MR) is 59.7 cm³/mol. The lowest BCUT2D eigenvalue weighted by molar-refractivity contribution is 0.124. The molecule has 0 saturated heterocycles. The highest BCUT2D eigenvalue weighted by atomic mass is 35.7. The second kappa shape index (κ2) is 4.25. The van der Waals surface area contributed by atoms with Gasteiger partial charge in [-0.15, -0.1) is 0 Å². The number of benzene rings is 1. The molecule has 0 aliphatic rings. The second-order valence-corrected chi connectivity index (χ2v) is 5.84. The zero-order valence-corrected chi connectivity index (χ0v) is 10.3. The highest BCUT2D eigenvalue weighted by Crippen LogP contribution is 2.27. The molecule has 0 N–H and O–H groups in total. The number of halogens is 2. The van der Waals surface area contributed by atoms with Gasteiger partial charge in [-0.25, -0.2) is 17.5 Å². The number of hydrogen-bond acceptors (Lipinski definition) is 4. The molecular weight excluding hydrogens is 271 g/mol. The number of fused-ring (bicyclic) bond motifs is 1. The van der Waals surface area contributed by atoms with Crippen molar-refractivity contribution in [3.8, 4) is 0 Å². The lowest BCUT2D eigenvalue weighted by Gasteiger charge is -2.03. The van der Waals surface area contributed by atoms with Crippen LogP contribution in [0.15, 0.2) is 23.2 Å². The Morgan fingerprint density at radius 2 is 2.24 bits per heavy atom. The predicted octanol–water partition coefficient (Wildman–Crippen LogP) is 1.71. The highest BCUT2D eigenvalue weighted by molar-refractivity contribution is 8.14. The summed E-state index contributed by atoms with van der Waals surface area (Å²) in [6, 6.07) is 2.14. The molecular formula is C9H8ClFN2O3S. The van der Waals surface area contributed by atoms with Gasteiger partial charge in [-0.1, -0.05) is 0 Å². The van der Waals surface area contributed by atoms with E-state index in [0.717, 1.165) is 12.1 Å². The molecule has 0 aliphatic heterocycles. The maximum Gasteiger partial charge on any atom is 0.262 e. The first-order chi connectivity index (χ1) is 7.95. The molecule has 1 aromatic heterocycles. The highest BCUT2D eigenvalue weighted by Gasteiger charge is 2.19. The zero-order valence-electron chi connectivity index (χ0n) is 8.72. The third-order valence-electron chi connectivity index (χ3n) is 2.23. The van der Waals surface area contributed by atoms with Crippen LogP contribution >= 0.6 is 10.7 Å². The summed E-state index contributed by atoms with van der Waals surface area (Å²) in [6.45, 7) is 0.0200. The molecule has 17 heavy (non-hydrogen) atoms. The van der Waals surface area contributed by atoms with Gasteiger partial charge in [0.05, 0.1) is 11.1 Å². The molecule has 8 heteroatoms. The van der Waals surface area contributed by atoms with E-state index >= 15 is 0 Å². The van der Waals surface area contributed by atoms with Gasteiger partial charge in [0.2, 0.25) is 0 Å². The van der Waals surface area contributed by atoms with Crippen molar-refractivity contribution in [2.75, 3.05) is 7.11 Å². The van der Waals surface area contributed by atoms with Gasteiger partial charge < -0.3 is 4.74 Å². The average Bonchev–Trinajstić information content (AvgIpc) is 2.62. The van der Waals surface area contributed by atoms with Crippen molar-refractivity contribution in [2.24, 2.45) is 0 Å². The van der Waals surface area contributed by atoms with Gasteiger partial charge in [-0.2, -0.15) is 5.10 Å². The van der Waals surface area contributed by atoms with E-state index in [9.17, 15) is 12.8 Å². The normalized spacial score (nSPS) is 12.2. The van der Waals surface area contributed by atoms with Crippen molar-refractivity contribution in [1.82, 2.24) is 9.78 Å². The van der Waals surface area contributed by atoms with Crippen LogP contribution in [0.2, 0.25) is 0 Å². The molecule has 0 amide bonds. The van der Waals surface area contributed by atoms with Crippen molar-refractivity contribution < 1.29 is 17.5 Å². The molecule has 92 valence electrons. The molecule has 1 heterocycles. The maximum absolute atomic E-state index is 13.6. The van der Waals surface area contributed by atoms with Gasteiger partial charge >= 0.3 is 0 Å². The second-order valence-electron chi connectivity index (χ2n) is 3.31. The van der Waals surface area contributed by atoms with Crippen LogP contribution in [0.1, 0.15) is 0 Å². The number of ether oxygens (including phenoxy) is 1. The fourth-order valence-corrected chi connectivity index (χ4v) is 2.61. The SMILES string of the molecule is COCn1ncc2c(S(=O)(=O)Cl)ccc(F)c21. The molecule has 1 aromatic carbocycles. The monoisotopic (exact) mass is 278 g/mol. The molecule has 0 spiro atoms. The number of methoxy groups -OCH3 is 1. The molecule has 0 aliphatic carbocycles. The van der Waals surface area contributed by atoms with Gasteiger partial charge in [-0.3, -0.25) is 0 Å². The van der Waals surface area contributed by atoms with E-state index in [0.29, 0.717) is 0 Å². The van der Waals surface area contributed by atoms with Gasteiger partial charge in [0.1, 0.15) is 18.1 Å². The first kappa shape index (κ1) is 12.3. The number of rotatable bonds is 3. The van der Waals surface area contributed by atoms with Crippen molar-refractivity contribution in [2.45, 2.75) is 11.6 Å². The van der Waals surface area contributed by atoms with Crippen molar-refractivity contribution in [3.63, 3.8) is 0 Å². The van der Waals surface area contributed by atoms with Crippen LogP contribution in [0.25, 0.3) is 10.9 Å². The van der Waals surface area contributed by atoms with E-state index in [4.69, 9.17) is 15.4 Å². The van der Waals surface area contributed by atoms with Gasteiger partial charge in [0, 0.05) is 23.2 Å². The molecule has 0 radical (unpaired) electrons. The number of hydrogen-bond donors (Lipinski definition) is 0. The third kappa shape index (κ3) is 2.13. The Kier molecular flexibility index (Phi) is 3.07. The third-order valence-corrected chi connectivity index (χ3v) is 3.61. The Labute approximate surface area is 101 Å². The summed E-state index contributed by atoms with van der Waals surface area (Å²) in [5, 5.41) is 3.98. The van der Waals surface area contributed by atoms with Gasteiger partial charge in [0.25, 0.3) is 9.05 Å². The Bertz CT molecular complexity index is 668. The standard InChI is InChI=1S/C9H8ClFN2O3S/c1-16-5-13-9-6(4-12-13)8(17(10,14)15)3-2-7(9)11/h2-4H,5H2,1H3. The Morgan fingerprint density at radius 1 is 1.53 bits per heavy atom. The Hall–Kier alpha value is -1.18. The van der Waals surface area contributed by atoms with E-state index in [1.807, 2.05) is 0 Å². The molecule has 5 nitrogen and oxygen atoms in total. The summed E-state index contributed by atoms with van der Waals surface area (Å²) in [5.74, 6) is -0.585. The molecule has 0 atom stereocenters. The molecule has 0 unspecified atom stereocenters. The van der Waals surface area contributed by atoms with Crippen molar-refractivity contribution >= 4 is 30.6 Å². The minimum absolute atomic E-state index is 0.0200. The molecule has 0 bridgehead atoms. The Balaban J connectivity index is 2.81. The van der Waals surface area contributed by atoms with Crippen LogP contribution in [-0.2, 0) is 20.5 Å².